The maximum atomic E-state index is 6.65. The van der Waals surface area contributed by atoms with Crippen molar-refractivity contribution in [1.29, 1.82) is 5.41 Å². The third-order valence-electron chi connectivity index (χ3n) is 0.460. The first-order valence-electron chi connectivity index (χ1n) is 1.55. The van der Waals surface area contributed by atoms with Gasteiger partial charge in [-0.25, -0.2) is 9.98 Å². The van der Waals surface area contributed by atoms with Gasteiger partial charge >= 0.3 is 0 Å². The first-order chi connectivity index (χ1) is 2.89. The van der Waals surface area contributed by atoms with Gasteiger partial charge in [-0.05, 0) is 0 Å². The number of guanidine groups is 1. The van der Waals surface area contributed by atoms with Crippen molar-refractivity contribution in [2.24, 2.45) is 9.98 Å². The minimum absolute atomic E-state index is 0. The molecular formula is C3H6N4. The topological polar surface area (TPSA) is 83.6 Å². The van der Waals surface area contributed by atoms with Crippen LogP contribution in [0.2, 0.25) is 0 Å². The first-order valence-corrected chi connectivity index (χ1v) is 1.55. The third-order valence-corrected chi connectivity index (χ3v) is 0.460. The van der Waals surface area contributed by atoms with Gasteiger partial charge < -0.3 is 6.15 Å². The summed E-state index contributed by atoms with van der Waals surface area (Å²) in [7, 11) is 0. The van der Waals surface area contributed by atoms with Gasteiger partial charge in [-0.2, -0.15) is 0 Å². The molecule has 0 spiro atoms. The van der Waals surface area contributed by atoms with Crippen molar-refractivity contribution >= 4 is 18.4 Å². The van der Waals surface area contributed by atoms with E-state index >= 15 is 0 Å². The molecule has 7 heavy (non-hydrogen) atoms. The van der Waals surface area contributed by atoms with Crippen LogP contribution in [0.3, 0.4) is 0 Å². The van der Waals surface area contributed by atoms with Crippen LogP contribution in [0.1, 0.15) is 0 Å². The van der Waals surface area contributed by atoms with Crippen LogP contribution in [0.15, 0.2) is 9.98 Å². The lowest BCUT2D eigenvalue weighted by molar-refractivity contribution is 1.41. The number of nitrogens with zero attached hydrogens (tertiary/aromatic N) is 2. The van der Waals surface area contributed by atoms with E-state index in [1.807, 2.05) is 0 Å². The number of hydrogen-bond donors (Lipinski definition) is 2. The molecule has 0 aromatic rings. The van der Waals surface area contributed by atoms with Crippen molar-refractivity contribution in [2.75, 3.05) is 0 Å². The zero-order valence-electron chi connectivity index (χ0n) is 3.76. The standard InChI is InChI=1S/C3H3N3.H3N/c4-3-5-1-2-6-3;/h1-2,4H;1H3. The molecule has 4 heteroatoms. The summed E-state index contributed by atoms with van der Waals surface area (Å²) in [4.78, 5) is 6.94. The van der Waals surface area contributed by atoms with Crippen LogP contribution in [0, 0.1) is 5.41 Å². The van der Waals surface area contributed by atoms with Crippen molar-refractivity contribution < 1.29 is 0 Å². The monoisotopic (exact) mass is 98.1 g/mol. The third kappa shape index (κ3) is 1.23. The van der Waals surface area contributed by atoms with Crippen LogP contribution in [-0.2, 0) is 0 Å². The van der Waals surface area contributed by atoms with E-state index in [9.17, 15) is 0 Å². The summed E-state index contributed by atoms with van der Waals surface area (Å²) in [5.41, 5.74) is 0. The van der Waals surface area contributed by atoms with Crippen LogP contribution in [0.25, 0.3) is 0 Å². The maximum Gasteiger partial charge on any atom is 0.241 e. The zero-order valence-corrected chi connectivity index (χ0v) is 3.76. The van der Waals surface area contributed by atoms with E-state index < -0.39 is 0 Å². The Balaban J connectivity index is 0.000000360. The molecule has 0 atom stereocenters. The fourth-order valence-corrected chi connectivity index (χ4v) is 0.241. The molecule has 1 aliphatic rings. The minimum atomic E-state index is 0. The molecule has 0 aromatic heterocycles. The molecule has 0 saturated heterocycles. The lowest BCUT2D eigenvalue weighted by Crippen LogP contribution is -1.73. The highest BCUT2D eigenvalue weighted by Crippen LogP contribution is 1.79. The highest BCUT2D eigenvalue weighted by atomic mass is 15.0. The molecule has 0 fully saturated rings. The number of aliphatic imine (C=N–C) groups is 2. The Morgan fingerprint density at radius 2 is 1.71 bits per heavy atom. The average molecular weight is 98.1 g/mol. The van der Waals surface area contributed by atoms with Gasteiger partial charge in [-0.15, -0.1) is 0 Å². The molecule has 0 bridgehead atoms. The molecular weight excluding hydrogens is 92.1 g/mol. The van der Waals surface area contributed by atoms with Crippen molar-refractivity contribution in [3.63, 3.8) is 0 Å². The molecule has 38 valence electrons. The molecule has 0 saturated carbocycles. The highest BCUT2D eigenvalue weighted by molar-refractivity contribution is 6.25. The summed E-state index contributed by atoms with van der Waals surface area (Å²) < 4.78 is 0. The Morgan fingerprint density at radius 3 is 1.86 bits per heavy atom. The Bertz CT molecular complexity index is 109. The van der Waals surface area contributed by atoms with Gasteiger partial charge in [0.15, 0.2) is 0 Å². The molecule has 1 rings (SSSR count). The number of nitrogens with one attached hydrogen (secondary N) is 1. The second-order valence-electron chi connectivity index (χ2n) is 0.880. The fourth-order valence-electron chi connectivity index (χ4n) is 0.241. The summed E-state index contributed by atoms with van der Waals surface area (Å²) in [6, 6.07) is 0. The molecule has 4 N–H and O–H groups in total. The molecule has 0 radical (unpaired) electrons. The predicted octanol–water partition coefficient (Wildman–Crippen LogP) is 0.238. The van der Waals surface area contributed by atoms with E-state index in [-0.39, 0.29) is 12.1 Å². The lowest BCUT2D eigenvalue weighted by atomic mass is 10.9. The van der Waals surface area contributed by atoms with Crippen LogP contribution >= 0.6 is 0 Å². The second kappa shape index (κ2) is 2.20. The quantitative estimate of drug-likeness (QED) is 0.446. The Hall–Kier alpha value is -1.03. The minimum Gasteiger partial charge on any atom is -0.344 e. The molecule has 1 heterocycles. The smallest absolute Gasteiger partial charge is 0.241 e. The Morgan fingerprint density at radius 1 is 1.29 bits per heavy atom. The van der Waals surface area contributed by atoms with Crippen molar-refractivity contribution in [2.45, 2.75) is 0 Å². The number of hydrogen-bond acceptors (Lipinski definition) is 2. The maximum absolute atomic E-state index is 6.65. The van der Waals surface area contributed by atoms with Gasteiger partial charge in [0.2, 0.25) is 5.96 Å². The predicted molar refractivity (Wildman–Crippen MR) is 29.7 cm³/mol. The summed E-state index contributed by atoms with van der Waals surface area (Å²) in [6.07, 6.45) is 2.98. The second-order valence-corrected chi connectivity index (χ2v) is 0.880. The normalized spacial score (nSPS) is 14.6. The number of rotatable bonds is 0. The van der Waals surface area contributed by atoms with E-state index in [0.29, 0.717) is 0 Å². The Labute approximate surface area is 41.1 Å². The SMILES string of the molecule is N.N=C1N=CC=N1. The van der Waals surface area contributed by atoms with Gasteiger partial charge in [-0.3, -0.25) is 5.41 Å². The van der Waals surface area contributed by atoms with Gasteiger partial charge in [-0.1, -0.05) is 0 Å². The zero-order chi connectivity index (χ0) is 4.41. The summed E-state index contributed by atoms with van der Waals surface area (Å²) in [5, 5.41) is 6.65. The van der Waals surface area contributed by atoms with Crippen LogP contribution in [-0.4, -0.2) is 18.4 Å². The largest absolute Gasteiger partial charge is 0.344 e. The van der Waals surface area contributed by atoms with Gasteiger partial charge in [0.25, 0.3) is 0 Å². The lowest BCUT2D eigenvalue weighted by Gasteiger charge is -1.68. The van der Waals surface area contributed by atoms with Crippen LogP contribution < -0.4 is 6.15 Å². The first kappa shape index (κ1) is 5.97. The van der Waals surface area contributed by atoms with Crippen LogP contribution in [0.4, 0.5) is 0 Å². The van der Waals surface area contributed by atoms with Crippen molar-refractivity contribution in [3.8, 4) is 0 Å². The van der Waals surface area contributed by atoms with E-state index in [1.165, 1.54) is 12.4 Å². The molecule has 4 nitrogen and oxygen atoms in total. The van der Waals surface area contributed by atoms with Gasteiger partial charge in [0, 0.05) is 12.4 Å². The van der Waals surface area contributed by atoms with Crippen LogP contribution in [0.5, 0.6) is 0 Å². The van der Waals surface area contributed by atoms with E-state index in [1.54, 1.807) is 0 Å². The summed E-state index contributed by atoms with van der Waals surface area (Å²) in [6.45, 7) is 0. The molecule has 1 aliphatic heterocycles. The average Bonchev–Trinajstić information content (AvgIpc) is 1.86. The van der Waals surface area contributed by atoms with E-state index in [2.05, 4.69) is 9.98 Å². The molecule has 0 aliphatic carbocycles. The van der Waals surface area contributed by atoms with Crippen molar-refractivity contribution in [1.82, 2.24) is 6.15 Å². The fraction of sp³-hybridized carbons (Fsp3) is 0. The molecule has 0 unspecified atom stereocenters. The summed E-state index contributed by atoms with van der Waals surface area (Å²) in [5.74, 6) is 0.0926. The highest BCUT2D eigenvalue weighted by Gasteiger charge is 1.86. The summed E-state index contributed by atoms with van der Waals surface area (Å²) >= 11 is 0. The van der Waals surface area contributed by atoms with E-state index in [4.69, 9.17) is 5.41 Å². The molecule has 0 aromatic carbocycles. The van der Waals surface area contributed by atoms with E-state index in [0.717, 1.165) is 0 Å². The van der Waals surface area contributed by atoms with Gasteiger partial charge in [0.1, 0.15) is 0 Å². The Kier molecular flexibility index (Phi) is 1.87. The molecule has 0 amide bonds. The van der Waals surface area contributed by atoms with Gasteiger partial charge in [0.05, 0.1) is 0 Å². The van der Waals surface area contributed by atoms with Crippen molar-refractivity contribution in [3.05, 3.63) is 0 Å².